The molecule has 2 rings (SSSR count). The molecule has 1 saturated heterocycles. The highest BCUT2D eigenvalue weighted by Gasteiger charge is 2.25. The van der Waals surface area contributed by atoms with Gasteiger partial charge in [0.1, 0.15) is 5.82 Å². The van der Waals surface area contributed by atoms with Gasteiger partial charge >= 0.3 is 6.03 Å². The number of rotatable bonds is 3. The molecule has 1 aromatic rings. The van der Waals surface area contributed by atoms with Crippen LogP contribution in [0.2, 0.25) is 0 Å². The van der Waals surface area contributed by atoms with Crippen LogP contribution in [0.15, 0.2) is 24.3 Å². The Balaban J connectivity index is 1.91. The summed E-state index contributed by atoms with van der Waals surface area (Å²) in [7, 11) is 0. The van der Waals surface area contributed by atoms with E-state index in [1.165, 1.54) is 12.1 Å². The highest BCUT2D eigenvalue weighted by molar-refractivity contribution is 5.88. The van der Waals surface area contributed by atoms with Gasteiger partial charge in [-0.3, -0.25) is 5.43 Å². The van der Waals surface area contributed by atoms with Crippen LogP contribution in [0.25, 0.3) is 0 Å². The predicted octanol–water partition coefficient (Wildman–Crippen LogP) is 1.32. The summed E-state index contributed by atoms with van der Waals surface area (Å²) >= 11 is 0. The topological polar surface area (TPSA) is 64.6 Å². The smallest absolute Gasteiger partial charge is 0.333 e. The summed E-state index contributed by atoms with van der Waals surface area (Å²) in [5.41, 5.74) is 2.75. The van der Waals surface area contributed by atoms with Crippen LogP contribution in [0.3, 0.4) is 0 Å². The predicted molar refractivity (Wildman–Crippen MR) is 65.4 cm³/mol. The van der Waals surface area contributed by atoms with E-state index in [4.69, 9.17) is 5.11 Å². The number of amides is 2. The third-order valence-corrected chi connectivity index (χ3v) is 2.96. The third kappa shape index (κ3) is 2.96. The SMILES string of the molecule is O=C(Nc1ccccc1F)NN1CCCC1CO. The Kier molecular flexibility index (Phi) is 4.11. The summed E-state index contributed by atoms with van der Waals surface area (Å²) in [6.45, 7) is 0.690. The normalized spacial score (nSPS) is 19.8. The average Bonchev–Trinajstić information content (AvgIpc) is 2.79. The van der Waals surface area contributed by atoms with Crippen LogP contribution < -0.4 is 10.7 Å². The van der Waals surface area contributed by atoms with Crippen molar-refractivity contribution < 1.29 is 14.3 Å². The van der Waals surface area contributed by atoms with Crippen LogP contribution in [0.1, 0.15) is 12.8 Å². The minimum Gasteiger partial charge on any atom is -0.395 e. The molecular formula is C12H16FN3O2. The fourth-order valence-electron chi connectivity index (χ4n) is 2.02. The first-order valence-electron chi connectivity index (χ1n) is 5.90. The lowest BCUT2D eigenvalue weighted by Gasteiger charge is -2.23. The number of urea groups is 1. The van der Waals surface area contributed by atoms with Crippen molar-refractivity contribution in [2.75, 3.05) is 18.5 Å². The number of anilines is 1. The molecule has 0 aliphatic carbocycles. The van der Waals surface area contributed by atoms with E-state index in [0.717, 1.165) is 12.8 Å². The van der Waals surface area contributed by atoms with Gasteiger partial charge < -0.3 is 10.4 Å². The number of benzene rings is 1. The van der Waals surface area contributed by atoms with Crippen molar-refractivity contribution in [3.63, 3.8) is 0 Å². The molecule has 1 fully saturated rings. The van der Waals surface area contributed by atoms with Gasteiger partial charge in [-0.1, -0.05) is 12.1 Å². The first-order chi connectivity index (χ1) is 8.70. The molecule has 0 saturated carbocycles. The van der Waals surface area contributed by atoms with Gasteiger partial charge in [0.25, 0.3) is 0 Å². The van der Waals surface area contributed by atoms with E-state index in [1.54, 1.807) is 17.1 Å². The Morgan fingerprint density at radius 3 is 3.00 bits per heavy atom. The molecule has 0 spiro atoms. The number of carbonyl (C=O) groups excluding carboxylic acids is 1. The quantitative estimate of drug-likeness (QED) is 0.761. The summed E-state index contributed by atoms with van der Waals surface area (Å²) in [6.07, 6.45) is 1.77. The van der Waals surface area contributed by atoms with Crippen LogP contribution >= 0.6 is 0 Å². The number of hydrogen-bond acceptors (Lipinski definition) is 3. The van der Waals surface area contributed by atoms with E-state index in [2.05, 4.69) is 10.7 Å². The molecule has 1 aromatic carbocycles. The lowest BCUT2D eigenvalue weighted by molar-refractivity contribution is 0.123. The zero-order chi connectivity index (χ0) is 13.0. The van der Waals surface area contributed by atoms with Crippen molar-refractivity contribution in [1.82, 2.24) is 10.4 Å². The van der Waals surface area contributed by atoms with Crippen molar-refractivity contribution >= 4 is 11.7 Å². The highest BCUT2D eigenvalue weighted by atomic mass is 19.1. The maximum Gasteiger partial charge on any atom is 0.333 e. The molecule has 98 valence electrons. The first-order valence-corrected chi connectivity index (χ1v) is 5.90. The highest BCUT2D eigenvalue weighted by Crippen LogP contribution is 2.15. The van der Waals surface area contributed by atoms with Crippen LogP contribution in [0, 0.1) is 5.82 Å². The van der Waals surface area contributed by atoms with Gasteiger partial charge in [0, 0.05) is 6.54 Å². The summed E-state index contributed by atoms with van der Waals surface area (Å²) in [5.74, 6) is -0.479. The monoisotopic (exact) mass is 253 g/mol. The molecule has 6 heteroatoms. The summed E-state index contributed by atoms with van der Waals surface area (Å²) in [4.78, 5) is 11.7. The van der Waals surface area contributed by atoms with Gasteiger partial charge in [-0.15, -0.1) is 0 Å². The molecule has 1 atom stereocenters. The number of nitrogens with zero attached hydrogens (tertiary/aromatic N) is 1. The molecule has 18 heavy (non-hydrogen) atoms. The van der Waals surface area contributed by atoms with Crippen LogP contribution in [-0.2, 0) is 0 Å². The molecule has 0 aromatic heterocycles. The van der Waals surface area contributed by atoms with E-state index in [-0.39, 0.29) is 18.3 Å². The van der Waals surface area contributed by atoms with E-state index >= 15 is 0 Å². The lowest BCUT2D eigenvalue weighted by Crippen LogP contribution is -2.48. The Morgan fingerprint density at radius 2 is 2.28 bits per heavy atom. The number of hydrogen-bond donors (Lipinski definition) is 3. The summed E-state index contributed by atoms with van der Waals surface area (Å²) in [6, 6.07) is 5.41. The van der Waals surface area contributed by atoms with Gasteiger partial charge in [0.2, 0.25) is 0 Å². The minimum absolute atomic E-state index is 0.0000217. The number of carbonyl (C=O) groups is 1. The summed E-state index contributed by atoms with van der Waals surface area (Å²) < 4.78 is 13.3. The second-order valence-corrected chi connectivity index (χ2v) is 4.22. The molecule has 3 N–H and O–H groups in total. The van der Waals surface area contributed by atoms with Crippen molar-refractivity contribution in [2.24, 2.45) is 0 Å². The Hall–Kier alpha value is -1.66. The zero-order valence-corrected chi connectivity index (χ0v) is 9.90. The molecular weight excluding hydrogens is 237 g/mol. The number of aliphatic hydroxyl groups is 1. The molecule has 5 nitrogen and oxygen atoms in total. The molecule has 0 bridgehead atoms. The molecule has 0 radical (unpaired) electrons. The fourth-order valence-corrected chi connectivity index (χ4v) is 2.02. The molecule has 2 amide bonds. The number of halogens is 1. The zero-order valence-electron chi connectivity index (χ0n) is 9.90. The van der Waals surface area contributed by atoms with E-state index in [1.807, 2.05) is 0 Å². The molecule has 1 heterocycles. The summed E-state index contributed by atoms with van der Waals surface area (Å²) in [5, 5.41) is 13.2. The fraction of sp³-hybridized carbons (Fsp3) is 0.417. The number of para-hydroxylation sites is 1. The van der Waals surface area contributed by atoms with Crippen molar-refractivity contribution in [2.45, 2.75) is 18.9 Å². The van der Waals surface area contributed by atoms with Gasteiger partial charge in [-0.2, -0.15) is 0 Å². The van der Waals surface area contributed by atoms with Gasteiger partial charge in [-0.05, 0) is 25.0 Å². The molecule has 1 aliphatic heterocycles. The Bertz CT molecular complexity index is 428. The maximum atomic E-state index is 13.3. The van der Waals surface area contributed by atoms with Gasteiger partial charge in [0.05, 0.1) is 18.3 Å². The Labute approximate surface area is 105 Å². The van der Waals surface area contributed by atoms with Gasteiger partial charge in [-0.25, -0.2) is 14.2 Å². The Morgan fingerprint density at radius 1 is 1.50 bits per heavy atom. The largest absolute Gasteiger partial charge is 0.395 e. The van der Waals surface area contributed by atoms with Gasteiger partial charge in [0.15, 0.2) is 0 Å². The standard InChI is InChI=1S/C12H16FN3O2/c13-10-5-1-2-6-11(10)14-12(18)15-16-7-3-4-9(16)8-17/h1-2,5-6,9,17H,3-4,7-8H2,(H2,14,15,18). The second kappa shape index (κ2) is 5.79. The number of hydrazine groups is 1. The van der Waals surface area contributed by atoms with E-state index < -0.39 is 11.8 Å². The van der Waals surface area contributed by atoms with Crippen LogP contribution in [-0.4, -0.2) is 35.3 Å². The van der Waals surface area contributed by atoms with Crippen LogP contribution in [0.4, 0.5) is 14.9 Å². The number of nitrogens with one attached hydrogen (secondary N) is 2. The molecule has 1 unspecified atom stereocenters. The minimum atomic E-state index is -0.500. The van der Waals surface area contributed by atoms with Crippen LogP contribution in [0.5, 0.6) is 0 Å². The second-order valence-electron chi connectivity index (χ2n) is 4.22. The van der Waals surface area contributed by atoms with Crippen molar-refractivity contribution in [3.05, 3.63) is 30.1 Å². The maximum absolute atomic E-state index is 13.3. The lowest BCUT2D eigenvalue weighted by atomic mass is 10.2. The van der Waals surface area contributed by atoms with E-state index in [0.29, 0.717) is 6.54 Å². The average molecular weight is 253 g/mol. The third-order valence-electron chi connectivity index (χ3n) is 2.96. The number of aliphatic hydroxyl groups excluding tert-OH is 1. The van der Waals surface area contributed by atoms with E-state index in [9.17, 15) is 9.18 Å². The van der Waals surface area contributed by atoms with Crippen molar-refractivity contribution in [1.29, 1.82) is 0 Å². The van der Waals surface area contributed by atoms with Crippen molar-refractivity contribution in [3.8, 4) is 0 Å². The first kappa shape index (κ1) is 12.8. The molecule has 1 aliphatic rings.